The van der Waals surface area contributed by atoms with Crippen LogP contribution in [0.15, 0.2) is 71.9 Å². The van der Waals surface area contributed by atoms with Crippen molar-refractivity contribution in [3.8, 4) is 34.8 Å². The predicted molar refractivity (Wildman–Crippen MR) is 156 cm³/mol. The van der Waals surface area contributed by atoms with E-state index in [1.807, 2.05) is 0 Å². The number of hydrogen-bond donors (Lipinski definition) is 1. The third-order valence-electron chi connectivity index (χ3n) is 6.53. The number of anilines is 1. The quantitative estimate of drug-likeness (QED) is 0.267. The molecular formula is C29H30N6O7S. The molecule has 1 aliphatic heterocycles. The summed E-state index contributed by atoms with van der Waals surface area (Å²) in [4.78, 5) is 31.4. The number of nitrogens with zero attached hydrogens (tertiary/aromatic N) is 5. The largest absolute Gasteiger partial charge is 0.493 e. The highest BCUT2D eigenvalue weighted by molar-refractivity contribution is 7.92. The maximum atomic E-state index is 13.6. The molecule has 0 radical (unpaired) electrons. The van der Waals surface area contributed by atoms with Gasteiger partial charge in [-0.05, 0) is 42.3 Å². The van der Waals surface area contributed by atoms with Crippen molar-refractivity contribution in [1.29, 1.82) is 0 Å². The van der Waals surface area contributed by atoms with Gasteiger partial charge >= 0.3 is 0 Å². The lowest BCUT2D eigenvalue weighted by Gasteiger charge is -2.26. The molecule has 3 heterocycles. The Balaban J connectivity index is 1.42. The monoisotopic (exact) mass is 606 g/mol. The Hall–Kier alpha value is -4.82. The first-order chi connectivity index (χ1) is 20.9. The average molecular weight is 607 g/mol. The number of rotatable bonds is 11. The third kappa shape index (κ3) is 7.16. The summed E-state index contributed by atoms with van der Waals surface area (Å²) >= 11 is 0. The molecule has 0 atom stereocenters. The molecule has 5 rings (SSSR count). The number of nitrogens with one attached hydrogen (secondary N) is 1. The Labute approximate surface area is 248 Å². The van der Waals surface area contributed by atoms with Crippen LogP contribution >= 0.6 is 0 Å². The lowest BCUT2D eigenvalue weighted by Crippen LogP contribution is -2.40. The number of morpholine rings is 1. The Morgan fingerprint density at radius 3 is 2.28 bits per heavy atom. The van der Waals surface area contributed by atoms with Gasteiger partial charge in [0.1, 0.15) is 0 Å². The summed E-state index contributed by atoms with van der Waals surface area (Å²) in [5.41, 5.74) is 0.827. The van der Waals surface area contributed by atoms with Gasteiger partial charge in [0.2, 0.25) is 17.5 Å². The maximum absolute atomic E-state index is 13.6. The SMILES string of the molecule is COc1ccccc1Oc1c(NS(=O)(=O)c2ccc(CCC(=O)N3CCOCC3)cc2)nc(-c2ncccn2)nc1OC. The van der Waals surface area contributed by atoms with Gasteiger partial charge in [-0.3, -0.25) is 9.52 Å². The fourth-order valence-electron chi connectivity index (χ4n) is 4.30. The zero-order valence-electron chi connectivity index (χ0n) is 23.6. The minimum absolute atomic E-state index is 0.0165. The van der Waals surface area contributed by atoms with Crippen LogP contribution in [0, 0.1) is 0 Å². The van der Waals surface area contributed by atoms with Crippen molar-refractivity contribution in [2.24, 2.45) is 0 Å². The van der Waals surface area contributed by atoms with Gasteiger partial charge in [0.05, 0.1) is 32.3 Å². The molecule has 0 bridgehead atoms. The van der Waals surface area contributed by atoms with Gasteiger partial charge in [-0.15, -0.1) is 0 Å². The molecule has 4 aromatic rings. The Kier molecular flexibility index (Phi) is 9.27. The predicted octanol–water partition coefficient (Wildman–Crippen LogP) is 3.34. The molecule has 13 nitrogen and oxygen atoms in total. The molecule has 0 saturated carbocycles. The molecule has 14 heteroatoms. The molecule has 0 aliphatic carbocycles. The van der Waals surface area contributed by atoms with Gasteiger partial charge in [0.15, 0.2) is 23.1 Å². The summed E-state index contributed by atoms with van der Waals surface area (Å²) in [6.45, 7) is 2.23. The standard InChI is InChI=1S/C29H30N6O7S/c1-39-22-6-3-4-7-23(22)42-25-26(32-28(33-29(25)40-2)27-30-14-5-15-31-27)34-43(37,38)21-11-8-20(9-12-21)10-13-24(36)35-16-18-41-19-17-35/h3-9,11-12,14-15H,10,13,16-19H2,1-2H3,(H,32,33,34). The topological polar surface area (TPSA) is 155 Å². The van der Waals surface area contributed by atoms with Gasteiger partial charge in [0, 0.05) is 31.9 Å². The first kappa shape index (κ1) is 29.7. The van der Waals surface area contributed by atoms with Gasteiger partial charge in [0.25, 0.3) is 15.9 Å². The van der Waals surface area contributed by atoms with Gasteiger partial charge in [-0.1, -0.05) is 24.3 Å². The van der Waals surface area contributed by atoms with Crippen LogP contribution in [0.25, 0.3) is 11.6 Å². The summed E-state index contributed by atoms with van der Waals surface area (Å²) in [6, 6.07) is 14.8. The summed E-state index contributed by atoms with van der Waals surface area (Å²) in [6.07, 6.45) is 3.82. The number of para-hydroxylation sites is 2. The van der Waals surface area contributed by atoms with Crippen LogP contribution in [0.2, 0.25) is 0 Å². The summed E-state index contributed by atoms with van der Waals surface area (Å²) in [7, 11) is -1.32. The zero-order valence-corrected chi connectivity index (χ0v) is 24.4. The highest BCUT2D eigenvalue weighted by atomic mass is 32.2. The van der Waals surface area contributed by atoms with Gasteiger partial charge in [-0.25, -0.2) is 23.4 Å². The summed E-state index contributed by atoms with van der Waals surface area (Å²) < 4.78 is 51.8. The van der Waals surface area contributed by atoms with Crippen LogP contribution in [0.4, 0.5) is 5.82 Å². The Bertz CT molecular complexity index is 1660. The minimum Gasteiger partial charge on any atom is -0.493 e. The zero-order chi connectivity index (χ0) is 30.2. The van der Waals surface area contributed by atoms with E-state index in [2.05, 4.69) is 24.7 Å². The molecule has 1 fully saturated rings. The maximum Gasteiger partial charge on any atom is 0.263 e. The lowest BCUT2D eigenvalue weighted by atomic mass is 10.1. The number of aryl methyl sites for hydroxylation is 1. The number of carbonyl (C=O) groups excluding carboxylic acids is 1. The fraction of sp³-hybridized carbons (Fsp3) is 0.276. The molecule has 0 unspecified atom stereocenters. The second-order valence-corrected chi connectivity index (χ2v) is 11.0. The molecule has 1 aliphatic rings. The van der Waals surface area contributed by atoms with Gasteiger partial charge < -0.3 is 23.8 Å². The van der Waals surface area contributed by atoms with Crippen molar-refractivity contribution in [2.45, 2.75) is 17.7 Å². The number of amides is 1. The number of ether oxygens (including phenoxy) is 4. The van der Waals surface area contributed by atoms with E-state index in [9.17, 15) is 13.2 Å². The second kappa shape index (κ2) is 13.4. The van der Waals surface area contributed by atoms with Crippen LogP contribution in [-0.4, -0.2) is 79.7 Å². The number of aromatic nitrogens is 4. The normalized spacial score (nSPS) is 13.3. The molecule has 2 aromatic heterocycles. The number of carbonyl (C=O) groups is 1. The van der Waals surface area contributed by atoms with E-state index in [-0.39, 0.29) is 45.6 Å². The molecular weight excluding hydrogens is 576 g/mol. The first-order valence-corrected chi connectivity index (χ1v) is 14.9. The van der Waals surface area contributed by atoms with Crippen LogP contribution in [-0.2, 0) is 26.0 Å². The first-order valence-electron chi connectivity index (χ1n) is 13.4. The van der Waals surface area contributed by atoms with E-state index in [1.54, 1.807) is 47.4 Å². The van der Waals surface area contributed by atoms with Crippen molar-refractivity contribution < 1.29 is 32.2 Å². The molecule has 0 spiro atoms. The van der Waals surface area contributed by atoms with Crippen molar-refractivity contribution in [1.82, 2.24) is 24.8 Å². The fourth-order valence-corrected chi connectivity index (χ4v) is 5.31. The number of methoxy groups -OCH3 is 2. The molecule has 1 N–H and O–H groups in total. The molecule has 43 heavy (non-hydrogen) atoms. The smallest absolute Gasteiger partial charge is 0.263 e. The van der Waals surface area contributed by atoms with Crippen LogP contribution < -0.4 is 18.9 Å². The average Bonchev–Trinajstić information content (AvgIpc) is 3.05. The molecule has 224 valence electrons. The second-order valence-electron chi connectivity index (χ2n) is 9.30. The Morgan fingerprint density at radius 1 is 0.907 bits per heavy atom. The van der Waals surface area contributed by atoms with E-state index >= 15 is 0 Å². The third-order valence-corrected chi connectivity index (χ3v) is 7.89. The van der Waals surface area contributed by atoms with Crippen LogP contribution in [0.1, 0.15) is 12.0 Å². The molecule has 2 aromatic carbocycles. The van der Waals surface area contributed by atoms with E-state index in [1.165, 1.54) is 38.7 Å². The van der Waals surface area contributed by atoms with Crippen molar-refractivity contribution >= 4 is 21.7 Å². The van der Waals surface area contributed by atoms with Gasteiger partial charge in [-0.2, -0.15) is 4.98 Å². The minimum atomic E-state index is -4.17. The van der Waals surface area contributed by atoms with Crippen molar-refractivity contribution in [2.75, 3.05) is 45.2 Å². The lowest BCUT2D eigenvalue weighted by molar-refractivity contribution is -0.135. The van der Waals surface area contributed by atoms with Crippen molar-refractivity contribution in [3.63, 3.8) is 0 Å². The Morgan fingerprint density at radius 2 is 1.60 bits per heavy atom. The van der Waals surface area contributed by atoms with E-state index < -0.39 is 10.0 Å². The number of hydrogen-bond acceptors (Lipinski definition) is 11. The van der Waals surface area contributed by atoms with E-state index in [0.717, 1.165) is 5.56 Å². The van der Waals surface area contributed by atoms with E-state index in [4.69, 9.17) is 18.9 Å². The molecule has 1 amide bonds. The summed E-state index contributed by atoms with van der Waals surface area (Å²) in [5, 5.41) is 0. The van der Waals surface area contributed by atoms with Crippen LogP contribution in [0.3, 0.4) is 0 Å². The van der Waals surface area contributed by atoms with Crippen LogP contribution in [0.5, 0.6) is 23.1 Å². The highest BCUT2D eigenvalue weighted by Gasteiger charge is 2.26. The highest BCUT2D eigenvalue weighted by Crippen LogP contribution is 2.41. The van der Waals surface area contributed by atoms with Crippen molar-refractivity contribution in [3.05, 3.63) is 72.6 Å². The van der Waals surface area contributed by atoms with E-state index in [0.29, 0.717) is 44.9 Å². The molecule has 1 saturated heterocycles. The summed E-state index contributed by atoms with van der Waals surface area (Å²) in [5.74, 6) is 0.558. The number of sulfonamides is 1. The number of benzene rings is 2.